The van der Waals surface area contributed by atoms with Gasteiger partial charge in [0.1, 0.15) is 10.1 Å². The predicted molar refractivity (Wildman–Crippen MR) is 51.7 cm³/mol. The Hall–Kier alpha value is -0.870. The molecule has 0 saturated carbocycles. The largest absolute Gasteiger partial charge is 0.481 e. The maximum Gasteiger partial charge on any atom is 0.215 e. The van der Waals surface area contributed by atoms with E-state index in [2.05, 4.69) is 4.98 Å². The minimum atomic E-state index is 0.276. The third kappa shape index (κ3) is 2.06. The van der Waals surface area contributed by atoms with Gasteiger partial charge in [0.2, 0.25) is 5.88 Å². The Labute approximate surface area is 80.5 Å². The van der Waals surface area contributed by atoms with E-state index < -0.39 is 0 Å². The van der Waals surface area contributed by atoms with E-state index in [0.717, 1.165) is 0 Å². The summed E-state index contributed by atoms with van der Waals surface area (Å²) in [7, 11) is 1.50. The molecular weight excluding hydrogens is 196 g/mol. The Bertz CT molecular complexity index is 316. The van der Waals surface area contributed by atoms with Crippen LogP contribution >= 0.6 is 23.8 Å². The van der Waals surface area contributed by atoms with Gasteiger partial charge < -0.3 is 10.5 Å². The average molecular weight is 203 g/mol. The molecule has 0 amide bonds. The highest BCUT2D eigenvalue weighted by Crippen LogP contribution is 2.15. The average Bonchev–Trinajstić information content (AvgIpc) is 2.03. The van der Waals surface area contributed by atoms with Gasteiger partial charge in [-0.05, 0) is 6.07 Å². The molecule has 0 fully saturated rings. The molecule has 0 aliphatic carbocycles. The van der Waals surface area contributed by atoms with Crippen LogP contribution < -0.4 is 10.5 Å². The van der Waals surface area contributed by atoms with Gasteiger partial charge in [0.15, 0.2) is 0 Å². The van der Waals surface area contributed by atoms with Crippen LogP contribution in [0.15, 0.2) is 12.1 Å². The van der Waals surface area contributed by atoms with E-state index in [9.17, 15) is 0 Å². The standard InChI is InChI=1S/C7H7ClN2OS/c1-11-6-3-4(7(9)12)2-5(8)10-6/h2-3H,1H3,(H2,9,12). The van der Waals surface area contributed by atoms with Gasteiger partial charge in [-0.2, -0.15) is 0 Å². The number of thiocarbonyl (C=S) groups is 1. The molecule has 1 rings (SSSR count). The zero-order valence-corrected chi connectivity index (χ0v) is 7.95. The summed E-state index contributed by atoms with van der Waals surface area (Å²) in [6.07, 6.45) is 0. The molecular formula is C7H7ClN2OS. The molecule has 64 valence electrons. The summed E-state index contributed by atoms with van der Waals surface area (Å²) in [6.45, 7) is 0. The van der Waals surface area contributed by atoms with E-state index in [1.807, 2.05) is 0 Å². The lowest BCUT2D eigenvalue weighted by atomic mass is 10.3. The lowest BCUT2D eigenvalue weighted by Gasteiger charge is -2.02. The minimum Gasteiger partial charge on any atom is -0.481 e. The summed E-state index contributed by atoms with van der Waals surface area (Å²) in [4.78, 5) is 4.14. The second-order valence-corrected chi connectivity index (χ2v) is 2.91. The van der Waals surface area contributed by atoms with Crippen LogP contribution in [0.2, 0.25) is 5.15 Å². The second kappa shape index (κ2) is 3.69. The van der Waals surface area contributed by atoms with Crippen LogP contribution in [0.4, 0.5) is 0 Å². The molecule has 0 bridgehead atoms. The molecule has 1 aromatic rings. The van der Waals surface area contributed by atoms with Gasteiger partial charge >= 0.3 is 0 Å². The Morgan fingerprint density at radius 3 is 2.83 bits per heavy atom. The van der Waals surface area contributed by atoms with Gasteiger partial charge in [-0.15, -0.1) is 0 Å². The van der Waals surface area contributed by atoms with Crippen LogP contribution in [0.5, 0.6) is 5.88 Å². The quantitative estimate of drug-likeness (QED) is 0.582. The molecule has 5 heteroatoms. The first-order valence-corrected chi connectivity index (χ1v) is 3.93. The van der Waals surface area contributed by atoms with E-state index in [1.165, 1.54) is 7.11 Å². The van der Waals surface area contributed by atoms with Crippen LogP contribution in [0, 0.1) is 0 Å². The van der Waals surface area contributed by atoms with Gasteiger partial charge in [0.25, 0.3) is 0 Å². The minimum absolute atomic E-state index is 0.276. The van der Waals surface area contributed by atoms with Gasteiger partial charge in [-0.25, -0.2) is 4.98 Å². The number of nitrogens with two attached hydrogens (primary N) is 1. The Morgan fingerprint density at radius 2 is 2.33 bits per heavy atom. The van der Waals surface area contributed by atoms with Crippen molar-refractivity contribution in [3.05, 3.63) is 22.8 Å². The van der Waals surface area contributed by atoms with Crippen molar-refractivity contribution >= 4 is 28.8 Å². The van der Waals surface area contributed by atoms with Gasteiger partial charge in [0, 0.05) is 11.6 Å². The molecule has 0 aliphatic heterocycles. The monoisotopic (exact) mass is 202 g/mol. The van der Waals surface area contributed by atoms with Crippen molar-refractivity contribution in [2.45, 2.75) is 0 Å². The van der Waals surface area contributed by atoms with E-state index >= 15 is 0 Å². The van der Waals surface area contributed by atoms with E-state index in [0.29, 0.717) is 16.6 Å². The summed E-state index contributed by atoms with van der Waals surface area (Å²) in [5.74, 6) is 0.408. The van der Waals surface area contributed by atoms with Crippen molar-refractivity contribution in [1.29, 1.82) is 0 Å². The summed E-state index contributed by atoms with van der Waals surface area (Å²) in [6, 6.07) is 3.22. The lowest BCUT2D eigenvalue weighted by molar-refractivity contribution is 0.398. The SMILES string of the molecule is COc1cc(C(N)=S)cc(Cl)n1. The predicted octanol–water partition coefficient (Wildman–Crippen LogP) is 1.38. The maximum atomic E-state index is 5.67. The van der Waals surface area contributed by atoms with Crippen molar-refractivity contribution in [2.24, 2.45) is 5.73 Å². The highest BCUT2D eigenvalue weighted by Gasteiger charge is 2.02. The molecule has 0 atom stereocenters. The zero-order chi connectivity index (χ0) is 9.14. The van der Waals surface area contributed by atoms with Crippen LogP contribution in [-0.2, 0) is 0 Å². The van der Waals surface area contributed by atoms with Crippen LogP contribution in [0.1, 0.15) is 5.56 Å². The molecule has 1 aromatic heterocycles. The van der Waals surface area contributed by atoms with E-state index in [1.54, 1.807) is 12.1 Å². The summed E-state index contributed by atoms with van der Waals surface area (Å²) in [5.41, 5.74) is 6.05. The highest BCUT2D eigenvalue weighted by molar-refractivity contribution is 7.80. The van der Waals surface area contributed by atoms with Gasteiger partial charge in [-0.3, -0.25) is 0 Å². The molecule has 0 saturated heterocycles. The number of hydrogen-bond acceptors (Lipinski definition) is 3. The number of halogens is 1. The molecule has 1 heterocycles. The molecule has 12 heavy (non-hydrogen) atoms. The highest BCUT2D eigenvalue weighted by atomic mass is 35.5. The lowest BCUT2D eigenvalue weighted by Crippen LogP contribution is -2.09. The summed E-state index contributed by atoms with van der Waals surface area (Å²) in [5, 5.41) is 0.317. The summed E-state index contributed by atoms with van der Waals surface area (Å²) >= 11 is 10.4. The Morgan fingerprint density at radius 1 is 1.67 bits per heavy atom. The Kier molecular flexibility index (Phi) is 2.83. The second-order valence-electron chi connectivity index (χ2n) is 2.09. The van der Waals surface area contributed by atoms with Crippen LogP contribution in [-0.4, -0.2) is 17.1 Å². The van der Waals surface area contributed by atoms with Crippen molar-refractivity contribution in [3.8, 4) is 5.88 Å². The first-order valence-electron chi connectivity index (χ1n) is 3.15. The van der Waals surface area contributed by atoms with Crippen molar-refractivity contribution in [3.63, 3.8) is 0 Å². The number of rotatable bonds is 2. The van der Waals surface area contributed by atoms with Crippen molar-refractivity contribution in [2.75, 3.05) is 7.11 Å². The number of hydrogen-bond donors (Lipinski definition) is 1. The normalized spacial score (nSPS) is 9.50. The zero-order valence-electron chi connectivity index (χ0n) is 6.37. The van der Waals surface area contributed by atoms with E-state index in [4.69, 9.17) is 34.3 Å². The summed E-state index contributed by atoms with van der Waals surface area (Å²) < 4.78 is 4.88. The maximum absolute atomic E-state index is 5.67. The first-order chi connectivity index (χ1) is 5.63. The van der Waals surface area contributed by atoms with Crippen molar-refractivity contribution < 1.29 is 4.74 Å². The third-order valence-corrected chi connectivity index (χ3v) is 1.69. The number of methoxy groups -OCH3 is 1. The van der Waals surface area contributed by atoms with Crippen LogP contribution in [0.25, 0.3) is 0 Å². The fraction of sp³-hybridized carbons (Fsp3) is 0.143. The molecule has 0 spiro atoms. The molecule has 0 aromatic carbocycles. The number of pyridine rings is 1. The third-order valence-electron chi connectivity index (χ3n) is 1.26. The van der Waals surface area contributed by atoms with Crippen molar-refractivity contribution in [1.82, 2.24) is 4.98 Å². The molecule has 0 aliphatic rings. The van der Waals surface area contributed by atoms with Crippen LogP contribution in [0.3, 0.4) is 0 Å². The smallest absolute Gasteiger partial charge is 0.215 e. The molecule has 2 N–H and O–H groups in total. The molecule has 0 radical (unpaired) electrons. The Balaban J connectivity index is 3.15. The fourth-order valence-electron chi connectivity index (χ4n) is 0.720. The number of aromatic nitrogens is 1. The number of ether oxygens (including phenoxy) is 1. The molecule has 0 unspecified atom stereocenters. The first kappa shape index (κ1) is 9.22. The fourth-order valence-corrected chi connectivity index (χ4v) is 1.04. The molecule has 3 nitrogen and oxygen atoms in total. The topological polar surface area (TPSA) is 48.1 Å². The number of nitrogens with zero attached hydrogens (tertiary/aromatic N) is 1. The van der Waals surface area contributed by atoms with Gasteiger partial charge in [0.05, 0.1) is 7.11 Å². The van der Waals surface area contributed by atoms with Gasteiger partial charge in [-0.1, -0.05) is 23.8 Å². The van der Waals surface area contributed by atoms with E-state index in [-0.39, 0.29) is 4.99 Å².